The van der Waals surface area contributed by atoms with Gasteiger partial charge in [0.2, 0.25) is 11.8 Å². The first-order valence-corrected chi connectivity index (χ1v) is 11.9. The zero-order valence-corrected chi connectivity index (χ0v) is 19.0. The van der Waals surface area contributed by atoms with Gasteiger partial charge in [0.25, 0.3) is 0 Å². The van der Waals surface area contributed by atoms with Crippen LogP contribution in [-0.2, 0) is 21.4 Å². The predicted molar refractivity (Wildman–Crippen MR) is 130 cm³/mol. The molecule has 5 heteroatoms. The number of carbonyl (C=O) groups excluding carboxylic acids is 2. The first kappa shape index (κ1) is 20.4. The van der Waals surface area contributed by atoms with Crippen molar-refractivity contribution in [3.63, 3.8) is 0 Å². The van der Waals surface area contributed by atoms with E-state index in [4.69, 9.17) is 5.73 Å². The van der Waals surface area contributed by atoms with Crippen molar-refractivity contribution in [2.45, 2.75) is 50.1 Å². The maximum Gasteiger partial charge on any atom is 0.238 e. The summed E-state index contributed by atoms with van der Waals surface area (Å²) >= 11 is 0. The minimum absolute atomic E-state index is 0.0130. The van der Waals surface area contributed by atoms with Gasteiger partial charge in [0.1, 0.15) is 0 Å². The molecule has 0 aromatic heterocycles. The van der Waals surface area contributed by atoms with Gasteiger partial charge in [-0.2, -0.15) is 0 Å². The second-order valence-electron chi connectivity index (χ2n) is 10.0. The van der Waals surface area contributed by atoms with Crippen LogP contribution in [0.3, 0.4) is 0 Å². The number of likely N-dealkylation sites (tertiary alicyclic amines) is 1. The topological polar surface area (TPSA) is 66.6 Å². The van der Waals surface area contributed by atoms with E-state index in [9.17, 15) is 9.59 Å². The molecule has 3 aromatic rings. The fraction of sp³-hybridized carbons (Fsp3) is 0.357. The molecule has 1 fully saturated rings. The normalized spacial score (nSPS) is 25.1. The lowest BCUT2D eigenvalue weighted by Gasteiger charge is -2.40. The van der Waals surface area contributed by atoms with Gasteiger partial charge in [0.05, 0.1) is 5.41 Å². The molecule has 0 bridgehead atoms. The van der Waals surface area contributed by atoms with Crippen LogP contribution in [-0.4, -0.2) is 35.8 Å². The molecule has 2 amide bonds. The maximum absolute atomic E-state index is 13.6. The zero-order valence-electron chi connectivity index (χ0n) is 19.0. The molecule has 0 spiro atoms. The fourth-order valence-electron chi connectivity index (χ4n) is 6.52. The predicted octanol–water partition coefficient (Wildman–Crippen LogP) is 4.08. The van der Waals surface area contributed by atoms with Crippen molar-refractivity contribution in [2.75, 3.05) is 18.0 Å². The quantitative estimate of drug-likeness (QED) is 0.666. The second kappa shape index (κ2) is 7.42. The summed E-state index contributed by atoms with van der Waals surface area (Å²) in [5, 5.41) is 2.76. The summed E-state index contributed by atoms with van der Waals surface area (Å²) in [6.07, 6.45) is 2.96. The molecular formula is C28H29N3O2. The van der Waals surface area contributed by atoms with E-state index in [1.165, 1.54) is 21.9 Å². The molecule has 3 aliphatic rings. The number of carbonyl (C=O) groups is 2. The van der Waals surface area contributed by atoms with Crippen molar-refractivity contribution in [2.24, 2.45) is 5.73 Å². The molecule has 3 aromatic carbocycles. The van der Waals surface area contributed by atoms with Gasteiger partial charge in [-0.1, -0.05) is 54.6 Å². The number of para-hydroxylation sites is 1. The van der Waals surface area contributed by atoms with Crippen LogP contribution in [0.2, 0.25) is 0 Å². The number of nitrogens with zero attached hydrogens (tertiary/aromatic N) is 2. The molecule has 2 atom stereocenters. The van der Waals surface area contributed by atoms with E-state index in [0.29, 0.717) is 6.04 Å². The molecule has 2 heterocycles. The minimum atomic E-state index is -0.873. The van der Waals surface area contributed by atoms with E-state index in [-0.39, 0.29) is 18.4 Å². The van der Waals surface area contributed by atoms with E-state index in [0.717, 1.165) is 43.6 Å². The highest BCUT2D eigenvalue weighted by molar-refractivity contribution is 6.10. The van der Waals surface area contributed by atoms with Gasteiger partial charge in [0.15, 0.2) is 0 Å². The van der Waals surface area contributed by atoms with Gasteiger partial charge in [-0.3, -0.25) is 14.5 Å². The number of nitrogens with two attached hydrogens (primary N) is 1. The van der Waals surface area contributed by atoms with Crippen molar-refractivity contribution in [3.8, 4) is 0 Å². The zero-order chi connectivity index (χ0) is 22.7. The second-order valence-corrected chi connectivity index (χ2v) is 10.0. The third-order valence-corrected chi connectivity index (χ3v) is 8.08. The molecule has 1 saturated heterocycles. The number of piperidine rings is 1. The molecule has 5 nitrogen and oxygen atoms in total. The molecule has 1 aliphatic carbocycles. The molecular weight excluding hydrogens is 410 g/mol. The standard InChI is InChI=1S/C28H29N3O2/c1-28(17-25(29)32)22-10-2-3-11-23(22)31(27(28)33)20-12-14-30(15-13-20)24-16-19-8-4-6-18-7-5-9-21(24)26(18)19/h2-11,20,24H,12-17H2,1H3,(H2,29,32). The fourth-order valence-corrected chi connectivity index (χ4v) is 6.52. The SMILES string of the molecule is CC1(CC(N)=O)C(=O)N(C2CCN(C3Cc4cccc5cccc3c45)CC2)c2ccccc21. The van der Waals surface area contributed by atoms with Crippen LogP contribution >= 0.6 is 0 Å². The number of hydrogen-bond donors (Lipinski definition) is 1. The smallest absolute Gasteiger partial charge is 0.238 e. The van der Waals surface area contributed by atoms with E-state index >= 15 is 0 Å². The Morgan fingerprint density at radius 3 is 2.52 bits per heavy atom. The molecule has 2 aliphatic heterocycles. The molecule has 2 N–H and O–H groups in total. The van der Waals surface area contributed by atoms with Gasteiger partial charge in [0, 0.05) is 37.3 Å². The largest absolute Gasteiger partial charge is 0.370 e. The van der Waals surface area contributed by atoms with Crippen LogP contribution in [0.1, 0.15) is 48.9 Å². The van der Waals surface area contributed by atoms with Crippen LogP contribution in [0.25, 0.3) is 10.8 Å². The molecule has 6 rings (SSSR count). The Labute approximate surface area is 194 Å². The summed E-state index contributed by atoms with van der Waals surface area (Å²) < 4.78 is 0. The van der Waals surface area contributed by atoms with Gasteiger partial charge < -0.3 is 10.6 Å². The lowest BCUT2D eigenvalue weighted by molar-refractivity contribution is -0.128. The Balaban J connectivity index is 1.24. The van der Waals surface area contributed by atoms with Crippen molar-refractivity contribution in [1.29, 1.82) is 0 Å². The van der Waals surface area contributed by atoms with Crippen LogP contribution in [0.4, 0.5) is 5.69 Å². The monoisotopic (exact) mass is 439 g/mol. The van der Waals surface area contributed by atoms with E-state index in [2.05, 4.69) is 41.3 Å². The lowest BCUT2D eigenvalue weighted by Crippen LogP contribution is -2.50. The maximum atomic E-state index is 13.6. The number of rotatable bonds is 4. The minimum Gasteiger partial charge on any atom is -0.370 e. The molecule has 33 heavy (non-hydrogen) atoms. The Hall–Kier alpha value is -3.18. The third-order valence-electron chi connectivity index (χ3n) is 8.08. The molecule has 0 radical (unpaired) electrons. The number of primary amides is 1. The first-order valence-electron chi connectivity index (χ1n) is 11.9. The number of anilines is 1. The van der Waals surface area contributed by atoms with Crippen LogP contribution in [0.15, 0.2) is 60.7 Å². The van der Waals surface area contributed by atoms with Crippen molar-refractivity contribution >= 4 is 28.3 Å². The van der Waals surface area contributed by atoms with Crippen molar-refractivity contribution < 1.29 is 9.59 Å². The Morgan fingerprint density at radius 1 is 1.03 bits per heavy atom. The van der Waals surface area contributed by atoms with Gasteiger partial charge >= 0.3 is 0 Å². The highest BCUT2D eigenvalue weighted by atomic mass is 16.2. The summed E-state index contributed by atoms with van der Waals surface area (Å²) in [6, 6.07) is 21.7. The average Bonchev–Trinajstić information content (AvgIpc) is 3.29. The van der Waals surface area contributed by atoms with Crippen molar-refractivity contribution in [1.82, 2.24) is 4.90 Å². The van der Waals surface area contributed by atoms with Gasteiger partial charge in [-0.05, 0) is 59.7 Å². The highest BCUT2D eigenvalue weighted by Gasteiger charge is 2.50. The molecule has 2 unspecified atom stereocenters. The molecule has 168 valence electrons. The number of fused-ring (bicyclic) bond motifs is 1. The van der Waals surface area contributed by atoms with E-state index < -0.39 is 11.3 Å². The highest BCUT2D eigenvalue weighted by Crippen LogP contribution is 2.47. The summed E-state index contributed by atoms with van der Waals surface area (Å²) in [4.78, 5) is 30.0. The van der Waals surface area contributed by atoms with Crippen molar-refractivity contribution in [3.05, 3.63) is 77.4 Å². The number of hydrogen-bond acceptors (Lipinski definition) is 3. The summed E-state index contributed by atoms with van der Waals surface area (Å²) in [5.41, 5.74) is 9.43. The summed E-state index contributed by atoms with van der Waals surface area (Å²) in [7, 11) is 0. The van der Waals surface area contributed by atoms with Crippen LogP contribution < -0.4 is 10.6 Å². The van der Waals surface area contributed by atoms with E-state index in [1.54, 1.807) is 0 Å². The Morgan fingerprint density at radius 2 is 1.76 bits per heavy atom. The van der Waals surface area contributed by atoms with Gasteiger partial charge in [-0.15, -0.1) is 0 Å². The summed E-state index contributed by atoms with van der Waals surface area (Å²) in [6.45, 7) is 3.78. The third kappa shape index (κ3) is 3.02. The average molecular weight is 440 g/mol. The Bertz CT molecular complexity index is 1270. The number of benzene rings is 3. The lowest BCUT2D eigenvalue weighted by atomic mass is 9.80. The van der Waals surface area contributed by atoms with E-state index in [1.807, 2.05) is 36.1 Å². The van der Waals surface area contributed by atoms with Gasteiger partial charge in [-0.25, -0.2) is 0 Å². The Kier molecular flexibility index (Phi) is 4.59. The first-order chi connectivity index (χ1) is 16.0. The summed E-state index contributed by atoms with van der Waals surface area (Å²) in [5.74, 6) is -0.425. The van der Waals surface area contributed by atoms with Crippen LogP contribution in [0.5, 0.6) is 0 Å². The molecule has 0 saturated carbocycles. The van der Waals surface area contributed by atoms with Crippen LogP contribution in [0, 0.1) is 0 Å². The number of amides is 2.